The van der Waals surface area contributed by atoms with Crippen molar-refractivity contribution < 1.29 is 32.2 Å². The molecule has 0 aliphatic heterocycles. The molecule has 1 N–H and O–H groups in total. The summed E-state index contributed by atoms with van der Waals surface area (Å²) in [6, 6.07) is 17.5. The Morgan fingerprint density at radius 3 is 2.23 bits per heavy atom. The predicted octanol–water partition coefficient (Wildman–Crippen LogP) is 4.55. The summed E-state index contributed by atoms with van der Waals surface area (Å²) < 4.78 is 45.5. The van der Waals surface area contributed by atoms with Gasteiger partial charge in [0.25, 0.3) is 10.0 Å². The zero-order chi connectivity index (χ0) is 31.6. The third kappa shape index (κ3) is 8.41. The second-order valence-electron chi connectivity index (χ2n) is 9.93. The van der Waals surface area contributed by atoms with Crippen molar-refractivity contribution in [2.75, 3.05) is 38.2 Å². The van der Waals surface area contributed by atoms with E-state index in [-0.39, 0.29) is 28.8 Å². The number of hydrogen-bond acceptors (Lipinski definition) is 7. The summed E-state index contributed by atoms with van der Waals surface area (Å²) in [6.07, 6.45) is 0.735. The summed E-state index contributed by atoms with van der Waals surface area (Å²) in [5, 5.41) is 2.84. The number of amides is 2. The van der Waals surface area contributed by atoms with E-state index in [1.165, 1.54) is 37.3 Å². The first-order valence-corrected chi connectivity index (χ1v) is 15.6. The van der Waals surface area contributed by atoms with Crippen LogP contribution in [0.15, 0.2) is 71.6 Å². The largest absolute Gasteiger partial charge is 0.494 e. The monoisotopic (exact) mass is 611 g/mol. The minimum absolute atomic E-state index is 0.0918. The van der Waals surface area contributed by atoms with Gasteiger partial charge in [-0.15, -0.1) is 0 Å². The Bertz CT molecular complexity index is 1490. The summed E-state index contributed by atoms with van der Waals surface area (Å²) in [4.78, 5) is 28.4. The molecule has 0 spiro atoms. The number of benzene rings is 3. The quantitative estimate of drug-likeness (QED) is 0.268. The molecule has 0 radical (unpaired) electrons. The molecule has 0 aromatic heterocycles. The second-order valence-corrected chi connectivity index (χ2v) is 11.8. The Kier molecular flexibility index (Phi) is 11.8. The number of carbonyl (C=O) groups is 2. The summed E-state index contributed by atoms with van der Waals surface area (Å²) in [5.74, 6) is 0.283. The first kappa shape index (κ1) is 33.3. The molecular weight excluding hydrogens is 570 g/mol. The second kappa shape index (κ2) is 15.3. The molecule has 0 saturated carbocycles. The van der Waals surface area contributed by atoms with Gasteiger partial charge < -0.3 is 24.4 Å². The Morgan fingerprint density at radius 2 is 1.63 bits per heavy atom. The van der Waals surface area contributed by atoms with Crippen molar-refractivity contribution in [1.29, 1.82) is 0 Å². The van der Waals surface area contributed by atoms with Crippen LogP contribution in [0.2, 0.25) is 0 Å². The molecule has 1 atom stereocenters. The van der Waals surface area contributed by atoms with E-state index in [0.717, 1.165) is 21.9 Å². The summed E-state index contributed by atoms with van der Waals surface area (Å²) in [6.45, 7) is 7.84. The molecule has 3 aromatic rings. The third-order valence-electron chi connectivity index (χ3n) is 6.81. The van der Waals surface area contributed by atoms with Crippen LogP contribution in [0.25, 0.3) is 0 Å². The lowest BCUT2D eigenvalue weighted by Crippen LogP contribution is -2.51. The van der Waals surface area contributed by atoms with Crippen LogP contribution in [0.3, 0.4) is 0 Å². The van der Waals surface area contributed by atoms with E-state index in [4.69, 9.17) is 14.2 Å². The number of ether oxygens (including phenoxy) is 3. The molecular formula is C32H41N3O7S. The van der Waals surface area contributed by atoms with Crippen LogP contribution in [0, 0.1) is 6.92 Å². The molecule has 0 fully saturated rings. The lowest BCUT2D eigenvalue weighted by molar-refractivity contribution is -0.139. The fraction of sp³-hybridized carbons (Fsp3) is 0.375. The average molecular weight is 612 g/mol. The zero-order valence-electron chi connectivity index (χ0n) is 25.6. The van der Waals surface area contributed by atoms with Gasteiger partial charge in [-0.05, 0) is 69.2 Å². The summed E-state index contributed by atoms with van der Waals surface area (Å²) >= 11 is 0. The number of rotatable bonds is 15. The number of hydrogen-bond donors (Lipinski definition) is 1. The smallest absolute Gasteiger partial charge is 0.264 e. The van der Waals surface area contributed by atoms with Gasteiger partial charge in [0.05, 0.1) is 31.4 Å². The SMILES string of the molecule is CCCNC(=O)C(C)N(Cc1cccc(C)c1)C(=O)CN(c1ccc(OCC)cc1)S(=O)(=O)c1ccc(OC)c(OC)c1. The van der Waals surface area contributed by atoms with Crippen LogP contribution in [0.1, 0.15) is 38.3 Å². The number of aryl methyl sites for hydroxylation is 1. The number of nitrogens with zero attached hydrogens (tertiary/aromatic N) is 2. The average Bonchev–Trinajstić information content (AvgIpc) is 3.01. The van der Waals surface area contributed by atoms with Crippen LogP contribution < -0.4 is 23.8 Å². The normalized spacial score (nSPS) is 11.8. The molecule has 2 amide bonds. The first-order valence-electron chi connectivity index (χ1n) is 14.2. The Hall–Kier alpha value is -4.25. The fourth-order valence-corrected chi connectivity index (χ4v) is 5.92. The van der Waals surface area contributed by atoms with Crippen molar-refractivity contribution in [3.05, 3.63) is 77.9 Å². The van der Waals surface area contributed by atoms with Crippen molar-refractivity contribution in [2.45, 2.75) is 51.6 Å². The van der Waals surface area contributed by atoms with E-state index in [9.17, 15) is 18.0 Å². The molecule has 3 aromatic carbocycles. The van der Waals surface area contributed by atoms with Gasteiger partial charge in [0.2, 0.25) is 11.8 Å². The van der Waals surface area contributed by atoms with Crippen molar-refractivity contribution in [3.8, 4) is 17.2 Å². The topological polar surface area (TPSA) is 114 Å². The van der Waals surface area contributed by atoms with Gasteiger partial charge in [-0.1, -0.05) is 36.8 Å². The number of nitrogens with one attached hydrogen (secondary N) is 1. The number of sulfonamides is 1. The van der Waals surface area contributed by atoms with E-state index < -0.39 is 28.5 Å². The molecule has 10 nitrogen and oxygen atoms in total. The maximum absolute atomic E-state index is 14.2. The predicted molar refractivity (Wildman–Crippen MR) is 166 cm³/mol. The Labute approximate surface area is 254 Å². The molecule has 0 heterocycles. The van der Waals surface area contributed by atoms with Crippen LogP contribution in [0.4, 0.5) is 5.69 Å². The van der Waals surface area contributed by atoms with E-state index >= 15 is 0 Å². The Morgan fingerprint density at radius 1 is 0.930 bits per heavy atom. The molecule has 1 unspecified atom stereocenters. The molecule has 0 bridgehead atoms. The molecule has 11 heteroatoms. The lowest BCUT2D eigenvalue weighted by atomic mass is 10.1. The van der Waals surface area contributed by atoms with E-state index in [2.05, 4.69) is 5.32 Å². The molecule has 0 saturated heterocycles. The highest BCUT2D eigenvalue weighted by Crippen LogP contribution is 2.33. The molecule has 3 rings (SSSR count). The minimum atomic E-state index is -4.30. The standard InChI is InChI=1S/C32H41N3O7S/c1-7-18-33-32(37)24(4)34(21-25-11-9-10-23(3)19-25)31(36)22-35(26-12-14-27(15-13-26)42-8-2)43(38,39)28-16-17-29(40-5)30(20-28)41-6/h9-17,19-20,24H,7-8,18,21-22H2,1-6H3,(H,33,37). The van der Waals surface area contributed by atoms with Crippen LogP contribution in [-0.2, 0) is 26.2 Å². The fourth-order valence-electron chi connectivity index (χ4n) is 4.49. The van der Waals surface area contributed by atoms with Gasteiger partial charge >= 0.3 is 0 Å². The van der Waals surface area contributed by atoms with Gasteiger partial charge in [-0.2, -0.15) is 0 Å². The molecule has 232 valence electrons. The van der Waals surface area contributed by atoms with Crippen molar-refractivity contribution >= 4 is 27.5 Å². The van der Waals surface area contributed by atoms with Gasteiger partial charge in [0.15, 0.2) is 11.5 Å². The van der Waals surface area contributed by atoms with Gasteiger partial charge in [0, 0.05) is 19.2 Å². The Balaban J connectivity index is 2.07. The highest BCUT2D eigenvalue weighted by Gasteiger charge is 2.33. The highest BCUT2D eigenvalue weighted by atomic mass is 32.2. The van der Waals surface area contributed by atoms with Crippen LogP contribution in [0.5, 0.6) is 17.2 Å². The first-order chi connectivity index (χ1) is 20.5. The highest BCUT2D eigenvalue weighted by molar-refractivity contribution is 7.92. The van der Waals surface area contributed by atoms with Crippen LogP contribution >= 0.6 is 0 Å². The maximum Gasteiger partial charge on any atom is 0.264 e. The summed E-state index contributed by atoms with van der Waals surface area (Å²) in [7, 11) is -1.43. The van der Waals surface area contributed by atoms with Crippen molar-refractivity contribution in [3.63, 3.8) is 0 Å². The third-order valence-corrected chi connectivity index (χ3v) is 8.58. The molecule has 0 aliphatic carbocycles. The number of carbonyl (C=O) groups excluding carboxylic acids is 2. The minimum Gasteiger partial charge on any atom is -0.494 e. The van der Waals surface area contributed by atoms with E-state index in [1.54, 1.807) is 31.2 Å². The lowest BCUT2D eigenvalue weighted by Gasteiger charge is -2.32. The van der Waals surface area contributed by atoms with E-state index in [0.29, 0.717) is 24.7 Å². The maximum atomic E-state index is 14.2. The zero-order valence-corrected chi connectivity index (χ0v) is 26.4. The molecule has 43 heavy (non-hydrogen) atoms. The van der Waals surface area contributed by atoms with Crippen molar-refractivity contribution in [2.24, 2.45) is 0 Å². The van der Waals surface area contributed by atoms with Crippen molar-refractivity contribution in [1.82, 2.24) is 10.2 Å². The number of methoxy groups -OCH3 is 2. The van der Waals surface area contributed by atoms with Gasteiger partial charge in [-0.25, -0.2) is 8.42 Å². The van der Waals surface area contributed by atoms with E-state index in [1.807, 2.05) is 45.0 Å². The van der Waals surface area contributed by atoms with Crippen LogP contribution in [-0.4, -0.2) is 65.1 Å². The number of anilines is 1. The van der Waals surface area contributed by atoms with Gasteiger partial charge in [-0.3, -0.25) is 13.9 Å². The molecule has 0 aliphatic rings. The van der Waals surface area contributed by atoms with Gasteiger partial charge in [0.1, 0.15) is 18.3 Å². The summed E-state index contributed by atoms with van der Waals surface area (Å²) in [5.41, 5.74) is 2.07.